The molecule has 4 nitrogen and oxygen atoms in total. The van der Waals surface area contributed by atoms with Crippen LogP contribution in [-0.2, 0) is 16.6 Å². The van der Waals surface area contributed by atoms with Gasteiger partial charge in [0, 0.05) is 30.1 Å². The summed E-state index contributed by atoms with van der Waals surface area (Å²) in [6, 6.07) is 8.48. The molecule has 26 heavy (non-hydrogen) atoms. The van der Waals surface area contributed by atoms with Crippen molar-refractivity contribution in [1.82, 2.24) is 15.2 Å². The number of ether oxygens (including phenoxy) is 1. The molecular formula is C22H29N3O. The van der Waals surface area contributed by atoms with E-state index >= 15 is 0 Å². The predicted octanol–water partition coefficient (Wildman–Crippen LogP) is 4.65. The van der Waals surface area contributed by atoms with E-state index in [4.69, 9.17) is 9.72 Å². The summed E-state index contributed by atoms with van der Waals surface area (Å²) in [5, 5.41) is 7.85. The lowest BCUT2D eigenvalue weighted by molar-refractivity contribution is -0.104. The second-order valence-corrected chi connectivity index (χ2v) is 8.12. The van der Waals surface area contributed by atoms with Crippen molar-refractivity contribution in [3.8, 4) is 0 Å². The molecule has 138 valence electrons. The van der Waals surface area contributed by atoms with E-state index in [1.54, 1.807) is 6.20 Å². The Hall–Kier alpha value is -1.81. The molecule has 1 spiro atoms. The van der Waals surface area contributed by atoms with E-state index in [0.717, 1.165) is 25.9 Å². The highest BCUT2D eigenvalue weighted by atomic mass is 16.5. The normalized spacial score (nSPS) is 24.8. The van der Waals surface area contributed by atoms with Gasteiger partial charge in [0.1, 0.15) is 0 Å². The van der Waals surface area contributed by atoms with Crippen LogP contribution in [0, 0.1) is 0 Å². The third-order valence-corrected chi connectivity index (χ3v) is 6.39. The number of nitrogens with zero attached hydrogens (tertiary/aromatic N) is 3. The fraction of sp³-hybridized carbons (Fsp3) is 0.591. The zero-order chi connectivity index (χ0) is 17.7. The molecule has 4 rings (SSSR count). The van der Waals surface area contributed by atoms with Gasteiger partial charge in [-0.3, -0.25) is 4.98 Å². The summed E-state index contributed by atoms with van der Waals surface area (Å²) in [7, 11) is 0. The highest BCUT2D eigenvalue weighted by Crippen LogP contribution is 2.50. The molecule has 0 aromatic carbocycles. The summed E-state index contributed by atoms with van der Waals surface area (Å²) >= 11 is 0. The molecule has 2 aromatic rings. The first-order valence-corrected chi connectivity index (χ1v) is 10.1. The van der Waals surface area contributed by atoms with E-state index in [9.17, 15) is 0 Å². The monoisotopic (exact) mass is 351 g/mol. The topological polar surface area (TPSA) is 47.9 Å². The number of rotatable bonds is 6. The van der Waals surface area contributed by atoms with Crippen LogP contribution in [0.4, 0.5) is 0 Å². The Morgan fingerprint density at radius 2 is 1.88 bits per heavy atom. The molecule has 1 unspecified atom stereocenters. The third kappa shape index (κ3) is 3.80. The van der Waals surface area contributed by atoms with Crippen molar-refractivity contribution in [3.63, 3.8) is 0 Å². The van der Waals surface area contributed by atoms with Crippen LogP contribution in [0.3, 0.4) is 0 Å². The van der Waals surface area contributed by atoms with Gasteiger partial charge in [0.25, 0.3) is 0 Å². The van der Waals surface area contributed by atoms with Gasteiger partial charge in [-0.2, -0.15) is 10.2 Å². The predicted molar refractivity (Wildman–Crippen MR) is 102 cm³/mol. The number of unbranched alkanes of at least 4 members (excludes halogenated alkanes) is 1. The number of pyridine rings is 1. The molecule has 0 N–H and O–H groups in total. The minimum absolute atomic E-state index is 0.116. The molecule has 0 bridgehead atoms. The van der Waals surface area contributed by atoms with Crippen molar-refractivity contribution in [2.24, 2.45) is 0 Å². The summed E-state index contributed by atoms with van der Waals surface area (Å²) in [6.07, 6.45) is 17.6. The van der Waals surface area contributed by atoms with Crippen LogP contribution in [0.2, 0.25) is 0 Å². The second-order valence-electron chi connectivity index (χ2n) is 8.12. The quantitative estimate of drug-likeness (QED) is 0.711. The fourth-order valence-corrected chi connectivity index (χ4v) is 5.05. The first kappa shape index (κ1) is 17.6. The lowest BCUT2D eigenvalue weighted by atomic mass is 9.67. The van der Waals surface area contributed by atoms with Crippen molar-refractivity contribution in [2.45, 2.75) is 75.2 Å². The number of hydrogen-bond acceptors (Lipinski definition) is 4. The standard InChI is InChI=1S/C22H29N3O/c1(7-19-9-15-24-25-17-19)3-10-21(20-8-2-6-14-23-20)13-16-26-22(18-21)11-4-5-12-22/h2,6,8-9,14-15,17H,1,3-5,7,10-13,16,18H2. The van der Waals surface area contributed by atoms with E-state index in [0.29, 0.717) is 0 Å². The molecule has 2 aromatic heterocycles. The van der Waals surface area contributed by atoms with E-state index in [-0.39, 0.29) is 11.0 Å². The van der Waals surface area contributed by atoms with E-state index in [2.05, 4.69) is 28.4 Å². The smallest absolute Gasteiger partial charge is 0.0691 e. The first-order valence-electron chi connectivity index (χ1n) is 10.1. The molecule has 2 aliphatic rings. The van der Waals surface area contributed by atoms with Crippen molar-refractivity contribution in [2.75, 3.05) is 6.61 Å². The molecule has 1 aliphatic carbocycles. The summed E-state index contributed by atoms with van der Waals surface area (Å²) in [5.74, 6) is 0. The summed E-state index contributed by atoms with van der Waals surface area (Å²) in [5.41, 5.74) is 2.86. The zero-order valence-corrected chi connectivity index (χ0v) is 15.6. The van der Waals surface area contributed by atoms with Gasteiger partial charge < -0.3 is 4.74 Å². The van der Waals surface area contributed by atoms with Crippen LogP contribution in [-0.4, -0.2) is 27.4 Å². The van der Waals surface area contributed by atoms with Gasteiger partial charge in [-0.25, -0.2) is 0 Å². The largest absolute Gasteiger partial charge is 0.375 e. The van der Waals surface area contributed by atoms with Crippen molar-refractivity contribution in [3.05, 3.63) is 54.1 Å². The SMILES string of the molecule is c1ccc(C2(CCCCc3ccnnc3)CCOC3(CCCC3)C2)nc1. The highest BCUT2D eigenvalue weighted by Gasteiger charge is 2.48. The molecule has 3 heterocycles. The van der Waals surface area contributed by atoms with Gasteiger partial charge in [0.05, 0.1) is 11.8 Å². The zero-order valence-electron chi connectivity index (χ0n) is 15.6. The van der Waals surface area contributed by atoms with E-state index < -0.39 is 0 Å². The van der Waals surface area contributed by atoms with Gasteiger partial charge in [-0.1, -0.05) is 25.3 Å². The molecular weight excluding hydrogens is 322 g/mol. The minimum Gasteiger partial charge on any atom is -0.375 e. The molecule has 1 aliphatic heterocycles. The third-order valence-electron chi connectivity index (χ3n) is 6.39. The lowest BCUT2D eigenvalue weighted by Gasteiger charge is -2.46. The van der Waals surface area contributed by atoms with E-state index in [1.165, 1.54) is 56.2 Å². The number of aryl methyl sites for hydroxylation is 1. The Morgan fingerprint density at radius 1 is 0.962 bits per heavy atom. The molecule has 2 fully saturated rings. The average molecular weight is 351 g/mol. The van der Waals surface area contributed by atoms with E-state index in [1.807, 2.05) is 18.5 Å². The number of aromatic nitrogens is 3. The second kappa shape index (κ2) is 7.83. The van der Waals surface area contributed by atoms with Crippen molar-refractivity contribution < 1.29 is 4.74 Å². The molecule has 0 radical (unpaired) electrons. The number of hydrogen-bond donors (Lipinski definition) is 0. The maximum Gasteiger partial charge on any atom is 0.0691 e. The van der Waals surface area contributed by atoms with Gasteiger partial charge in [0.15, 0.2) is 0 Å². The molecule has 1 atom stereocenters. The van der Waals surface area contributed by atoms with Gasteiger partial charge in [0.2, 0.25) is 0 Å². The Labute approximate surface area is 156 Å². The first-order chi connectivity index (χ1) is 12.8. The fourth-order valence-electron chi connectivity index (χ4n) is 5.05. The van der Waals surface area contributed by atoms with Crippen LogP contribution in [0.25, 0.3) is 0 Å². The Morgan fingerprint density at radius 3 is 2.65 bits per heavy atom. The van der Waals surface area contributed by atoms with Crippen LogP contribution >= 0.6 is 0 Å². The van der Waals surface area contributed by atoms with Crippen LogP contribution in [0.15, 0.2) is 42.9 Å². The molecule has 4 heteroatoms. The van der Waals surface area contributed by atoms with Crippen LogP contribution < -0.4 is 0 Å². The Kier molecular flexibility index (Phi) is 5.30. The summed E-state index contributed by atoms with van der Waals surface area (Å²) in [6.45, 7) is 0.880. The van der Waals surface area contributed by atoms with Crippen molar-refractivity contribution in [1.29, 1.82) is 0 Å². The molecule has 1 saturated heterocycles. The van der Waals surface area contributed by atoms with Gasteiger partial charge in [-0.05, 0) is 68.7 Å². The summed E-state index contributed by atoms with van der Waals surface area (Å²) < 4.78 is 6.34. The van der Waals surface area contributed by atoms with Gasteiger partial charge >= 0.3 is 0 Å². The van der Waals surface area contributed by atoms with Gasteiger partial charge in [-0.15, -0.1) is 0 Å². The lowest BCUT2D eigenvalue weighted by Crippen LogP contribution is -2.46. The summed E-state index contributed by atoms with van der Waals surface area (Å²) in [4.78, 5) is 4.79. The highest BCUT2D eigenvalue weighted by molar-refractivity contribution is 5.20. The Balaban J connectivity index is 1.46. The molecule has 0 amide bonds. The minimum atomic E-state index is 0.116. The average Bonchev–Trinajstić information content (AvgIpc) is 3.14. The maximum absolute atomic E-state index is 6.34. The van der Waals surface area contributed by atoms with Crippen LogP contribution in [0.1, 0.15) is 69.0 Å². The Bertz CT molecular complexity index is 685. The molecule has 1 saturated carbocycles. The van der Waals surface area contributed by atoms with Crippen LogP contribution in [0.5, 0.6) is 0 Å². The maximum atomic E-state index is 6.34. The van der Waals surface area contributed by atoms with Crippen molar-refractivity contribution >= 4 is 0 Å².